The van der Waals surface area contributed by atoms with Gasteiger partial charge in [0.05, 0.1) is 11.4 Å². The van der Waals surface area contributed by atoms with Gasteiger partial charge in [-0.3, -0.25) is 9.59 Å². The van der Waals surface area contributed by atoms with Gasteiger partial charge in [-0.2, -0.15) is 4.31 Å². The quantitative estimate of drug-likeness (QED) is 0.262. The number of halogens is 3. The topological polar surface area (TPSA) is 86.8 Å². The molecule has 4 rings (SSSR count). The highest BCUT2D eigenvalue weighted by molar-refractivity contribution is 7.89. The van der Waals surface area contributed by atoms with Crippen molar-refractivity contribution in [1.82, 2.24) is 14.5 Å². The fourth-order valence-corrected chi connectivity index (χ4v) is 6.87. The van der Waals surface area contributed by atoms with E-state index in [0.29, 0.717) is 20.6 Å². The largest absolute Gasteiger partial charge is 0.352 e. The molecule has 0 saturated heterocycles. The van der Waals surface area contributed by atoms with Crippen LogP contribution in [0.3, 0.4) is 0 Å². The number of carbonyl (C=O) groups is 2. The Morgan fingerprint density at radius 2 is 1.50 bits per heavy atom. The summed E-state index contributed by atoms with van der Waals surface area (Å²) in [5.41, 5.74) is 1.33. The highest BCUT2D eigenvalue weighted by Crippen LogP contribution is 2.28. The Kier molecular flexibility index (Phi) is 11.3. The molecule has 42 heavy (non-hydrogen) atoms. The second-order valence-electron chi connectivity index (χ2n) is 10.5. The Hall–Kier alpha value is -2.62. The summed E-state index contributed by atoms with van der Waals surface area (Å²) in [5, 5.41) is 4.24. The number of hydrogen-bond donors (Lipinski definition) is 1. The van der Waals surface area contributed by atoms with E-state index in [1.165, 1.54) is 36.2 Å². The normalized spacial score (nSPS) is 14.9. The molecule has 1 N–H and O–H groups in total. The Bertz CT molecular complexity index is 1460. The number of rotatable bonds is 11. The van der Waals surface area contributed by atoms with Gasteiger partial charge < -0.3 is 10.2 Å². The molecule has 1 saturated carbocycles. The first-order valence-electron chi connectivity index (χ1n) is 13.8. The van der Waals surface area contributed by atoms with Gasteiger partial charge in [0.15, 0.2) is 0 Å². The minimum atomic E-state index is -4.03. The molecule has 1 unspecified atom stereocenters. The third kappa shape index (κ3) is 8.26. The molecule has 0 radical (unpaired) electrons. The highest BCUT2D eigenvalue weighted by atomic mass is 35.5. The van der Waals surface area contributed by atoms with Crippen LogP contribution in [-0.4, -0.2) is 55.1 Å². The summed E-state index contributed by atoms with van der Waals surface area (Å²) in [6.07, 6.45) is 5.15. The van der Waals surface area contributed by atoms with Crippen molar-refractivity contribution in [3.8, 4) is 0 Å². The summed E-state index contributed by atoms with van der Waals surface area (Å²) in [6, 6.07) is 19.2. The summed E-state index contributed by atoms with van der Waals surface area (Å²) in [5.74, 6) is -0.865. The van der Waals surface area contributed by atoms with Crippen LogP contribution in [0.1, 0.15) is 43.2 Å². The fourth-order valence-electron chi connectivity index (χ4n) is 5.10. The van der Waals surface area contributed by atoms with Crippen molar-refractivity contribution in [3.05, 3.63) is 99.0 Å². The molecule has 3 aromatic carbocycles. The summed E-state index contributed by atoms with van der Waals surface area (Å²) in [4.78, 5) is 29.4. The van der Waals surface area contributed by atoms with Crippen molar-refractivity contribution in [2.45, 2.75) is 62.0 Å². The van der Waals surface area contributed by atoms with Crippen molar-refractivity contribution < 1.29 is 18.0 Å². The standard InChI is InChI=1S/C31H34Cl3N3O4S/c1-36(42(40,41)25-17-15-23(32)16-18-25)21-30(38)37(20-26-27(33)13-8-14-28(26)34)29(19-22-9-4-2-5-10-22)31(39)35-24-11-6-3-7-12-24/h2,4-5,8-10,13-18,24,29H,3,6-7,11-12,19-21H2,1H3,(H,35,39). The zero-order valence-corrected chi connectivity index (χ0v) is 26.4. The zero-order valence-electron chi connectivity index (χ0n) is 23.3. The summed E-state index contributed by atoms with van der Waals surface area (Å²) < 4.78 is 27.6. The van der Waals surface area contributed by atoms with Crippen LogP contribution in [-0.2, 0) is 32.6 Å². The number of amides is 2. The van der Waals surface area contributed by atoms with Gasteiger partial charge in [0.25, 0.3) is 0 Å². The van der Waals surface area contributed by atoms with Crippen LogP contribution in [0.4, 0.5) is 0 Å². The molecule has 7 nitrogen and oxygen atoms in total. The SMILES string of the molecule is CN(CC(=O)N(Cc1c(Cl)cccc1Cl)C(Cc1ccccc1)C(=O)NC1CCCCC1)S(=O)(=O)c1ccc(Cl)cc1. The number of hydrogen-bond acceptors (Lipinski definition) is 4. The molecule has 1 aliphatic carbocycles. The van der Waals surface area contributed by atoms with Gasteiger partial charge in [-0.25, -0.2) is 8.42 Å². The van der Waals surface area contributed by atoms with Crippen LogP contribution < -0.4 is 5.32 Å². The maximum atomic E-state index is 14.1. The fraction of sp³-hybridized carbons (Fsp3) is 0.355. The van der Waals surface area contributed by atoms with Crippen molar-refractivity contribution in [2.24, 2.45) is 0 Å². The van der Waals surface area contributed by atoms with Crippen LogP contribution in [0.5, 0.6) is 0 Å². The molecule has 11 heteroatoms. The van der Waals surface area contributed by atoms with Gasteiger partial charge in [-0.05, 0) is 54.8 Å². The molecule has 2 amide bonds. The van der Waals surface area contributed by atoms with Crippen LogP contribution in [0.2, 0.25) is 15.1 Å². The molecule has 1 atom stereocenters. The lowest BCUT2D eigenvalue weighted by Gasteiger charge is -2.34. The van der Waals surface area contributed by atoms with E-state index < -0.39 is 28.5 Å². The summed E-state index contributed by atoms with van der Waals surface area (Å²) in [7, 11) is -2.70. The van der Waals surface area contributed by atoms with Crippen molar-refractivity contribution in [2.75, 3.05) is 13.6 Å². The zero-order chi connectivity index (χ0) is 30.3. The minimum Gasteiger partial charge on any atom is -0.352 e. The molecule has 0 aliphatic heterocycles. The Balaban J connectivity index is 1.69. The predicted octanol–water partition coefficient (Wildman–Crippen LogP) is 6.36. The molecular weight excluding hydrogens is 617 g/mol. The van der Waals surface area contributed by atoms with E-state index in [-0.39, 0.29) is 29.8 Å². The molecule has 0 aromatic heterocycles. The summed E-state index contributed by atoms with van der Waals surface area (Å²) in [6.45, 7) is -0.587. The van der Waals surface area contributed by atoms with Gasteiger partial charge in [0, 0.05) is 46.7 Å². The van der Waals surface area contributed by atoms with E-state index in [9.17, 15) is 18.0 Å². The smallest absolute Gasteiger partial charge is 0.243 e. The predicted molar refractivity (Wildman–Crippen MR) is 167 cm³/mol. The average Bonchev–Trinajstić information content (AvgIpc) is 2.97. The van der Waals surface area contributed by atoms with Gasteiger partial charge in [-0.15, -0.1) is 0 Å². The lowest BCUT2D eigenvalue weighted by Crippen LogP contribution is -2.54. The van der Waals surface area contributed by atoms with Crippen LogP contribution >= 0.6 is 34.8 Å². The first-order valence-corrected chi connectivity index (χ1v) is 16.4. The van der Waals surface area contributed by atoms with Crippen LogP contribution in [0.25, 0.3) is 0 Å². The van der Waals surface area contributed by atoms with Crippen LogP contribution in [0.15, 0.2) is 77.7 Å². The Morgan fingerprint density at radius 3 is 2.12 bits per heavy atom. The highest BCUT2D eigenvalue weighted by Gasteiger charge is 2.34. The van der Waals surface area contributed by atoms with Gasteiger partial charge in [0.2, 0.25) is 21.8 Å². The molecule has 0 bridgehead atoms. The Morgan fingerprint density at radius 1 is 0.881 bits per heavy atom. The van der Waals surface area contributed by atoms with Crippen molar-refractivity contribution in [3.63, 3.8) is 0 Å². The molecular formula is C31H34Cl3N3O4S. The van der Waals surface area contributed by atoms with Crippen LogP contribution in [0, 0.1) is 0 Å². The maximum Gasteiger partial charge on any atom is 0.243 e. The van der Waals surface area contributed by atoms with Gasteiger partial charge >= 0.3 is 0 Å². The van der Waals surface area contributed by atoms with E-state index >= 15 is 0 Å². The van der Waals surface area contributed by atoms with E-state index in [1.807, 2.05) is 30.3 Å². The maximum absolute atomic E-state index is 14.1. The molecule has 0 heterocycles. The lowest BCUT2D eigenvalue weighted by atomic mass is 9.94. The number of likely N-dealkylation sites (N-methyl/N-ethyl adjacent to an activating group) is 1. The second kappa shape index (κ2) is 14.7. The molecule has 3 aromatic rings. The molecule has 1 fully saturated rings. The number of nitrogens with one attached hydrogen (secondary N) is 1. The number of sulfonamides is 1. The molecule has 224 valence electrons. The molecule has 1 aliphatic rings. The van der Waals surface area contributed by atoms with Crippen molar-refractivity contribution in [1.29, 1.82) is 0 Å². The van der Waals surface area contributed by atoms with E-state index in [2.05, 4.69) is 5.32 Å². The molecule has 0 spiro atoms. The average molecular weight is 651 g/mol. The van der Waals surface area contributed by atoms with Crippen molar-refractivity contribution >= 4 is 56.6 Å². The third-order valence-corrected chi connectivity index (χ3v) is 10.3. The van der Waals surface area contributed by atoms with E-state index in [1.54, 1.807) is 18.2 Å². The van der Waals surface area contributed by atoms with E-state index in [0.717, 1.165) is 42.0 Å². The third-order valence-electron chi connectivity index (χ3n) is 7.49. The monoisotopic (exact) mass is 649 g/mol. The lowest BCUT2D eigenvalue weighted by molar-refractivity contribution is -0.141. The number of benzene rings is 3. The van der Waals surface area contributed by atoms with Gasteiger partial charge in [-0.1, -0.05) is 90.5 Å². The first kappa shape index (κ1) is 32.3. The number of carbonyl (C=O) groups excluding carboxylic acids is 2. The van der Waals surface area contributed by atoms with Gasteiger partial charge in [0.1, 0.15) is 6.04 Å². The van der Waals surface area contributed by atoms with E-state index in [4.69, 9.17) is 34.8 Å². The minimum absolute atomic E-state index is 0.00113. The Labute approximate surface area is 262 Å². The first-order chi connectivity index (χ1) is 20.1. The second-order valence-corrected chi connectivity index (χ2v) is 13.8. The summed E-state index contributed by atoms with van der Waals surface area (Å²) >= 11 is 19.0. The number of nitrogens with zero attached hydrogens (tertiary/aromatic N) is 2.